The fourth-order valence-corrected chi connectivity index (χ4v) is 2.67. The largest absolute Gasteiger partial charge is 0.348 e. The quantitative estimate of drug-likeness (QED) is 0.909. The molecule has 0 spiro atoms. The lowest BCUT2D eigenvalue weighted by Gasteiger charge is -2.14. The van der Waals surface area contributed by atoms with Crippen molar-refractivity contribution >= 4 is 5.91 Å². The number of carbonyl (C=O) groups excluding carboxylic acids is 1. The van der Waals surface area contributed by atoms with E-state index in [2.05, 4.69) is 10.4 Å². The van der Waals surface area contributed by atoms with Crippen LogP contribution in [0.5, 0.6) is 0 Å². The third-order valence-electron chi connectivity index (χ3n) is 3.88. The van der Waals surface area contributed by atoms with Gasteiger partial charge < -0.3 is 9.88 Å². The number of fused-ring (bicyclic) bond motifs is 1. The number of nitrogens with one attached hydrogen (secondary N) is 1. The first-order valence-corrected chi connectivity index (χ1v) is 7.14. The molecule has 2 aromatic heterocycles. The van der Waals surface area contributed by atoms with Crippen molar-refractivity contribution in [3.63, 3.8) is 0 Å². The number of hydrogen-bond acceptors (Lipinski definition) is 3. The van der Waals surface area contributed by atoms with Gasteiger partial charge >= 0.3 is 0 Å². The van der Waals surface area contributed by atoms with Gasteiger partial charge in [0, 0.05) is 37.6 Å². The Bertz CT molecular complexity index is 730. The van der Waals surface area contributed by atoms with Crippen molar-refractivity contribution in [3.05, 3.63) is 51.7 Å². The van der Waals surface area contributed by atoms with Gasteiger partial charge in [0.05, 0.1) is 6.20 Å². The van der Waals surface area contributed by atoms with Crippen molar-refractivity contribution in [1.29, 1.82) is 0 Å². The van der Waals surface area contributed by atoms with E-state index in [9.17, 15) is 9.59 Å². The molecule has 3 heterocycles. The summed E-state index contributed by atoms with van der Waals surface area (Å²) in [5, 5.41) is 7.15. The third-order valence-corrected chi connectivity index (χ3v) is 3.88. The van der Waals surface area contributed by atoms with Crippen molar-refractivity contribution in [1.82, 2.24) is 19.7 Å². The zero-order valence-corrected chi connectivity index (χ0v) is 12.0. The highest BCUT2D eigenvalue weighted by molar-refractivity contribution is 5.93. The molecule has 0 saturated carbocycles. The molecule has 0 aliphatic carbocycles. The molecule has 110 valence electrons. The zero-order valence-electron chi connectivity index (χ0n) is 12.0. The van der Waals surface area contributed by atoms with Gasteiger partial charge in [-0.15, -0.1) is 0 Å². The predicted molar refractivity (Wildman–Crippen MR) is 78.0 cm³/mol. The van der Waals surface area contributed by atoms with Crippen LogP contribution in [-0.4, -0.2) is 20.3 Å². The Morgan fingerprint density at radius 2 is 2.29 bits per heavy atom. The standard InChI is InChI=1S/C15H18N4O2/c1-18-7-4-5-12(15(18)21)14(20)16-9-11-10-17-19-8-3-2-6-13(11)19/h4-5,7,10H,2-3,6,8-9H2,1H3,(H,16,20). The van der Waals surface area contributed by atoms with Crippen molar-refractivity contribution < 1.29 is 4.79 Å². The Morgan fingerprint density at radius 3 is 3.14 bits per heavy atom. The zero-order chi connectivity index (χ0) is 14.8. The number of nitrogens with zero attached hydrogens (tertiary/aromatic N) is 3. The fourth-order valence-electron chi connectivity index (χ4n) is 2.67. The molecule has 0 aromatic carbocycles. The first-order chi connectivity index (χ1) is 10.2. The van der Waals surface area contributed by atoms with E-state index < -0.39 is 0 Å². The van der Waals surface area contributed by atoms with E-state index in [1.807, 2.05) is 10.9 Å². The Morgan fingerprint density at radius 1 is 1.43 bits per heavy atom. The number of carbonyl (C=O) groups is 1. The van der Waals surface area contributed by atoms with Crippen LogP contribution in [0.15, 0.2) is 29.3 Å². The van der Waals surface area contributed by atoms with Crippen molar-refractivity contribution in [2.75, 3.05) is 0 Å². The lowest BCUT2D eigenvalue weighted by atomic mass is 10.1. The molecule has 0 bridgehead atoms. The Balaban J connectivity index is 1.73. The van der Waals surface area contributed by atoms with Crippen LogP contribution in [0.4, 0.5) is 0 Å². The highest BCUT2D eigenvalue weighted by Crippen LogP contribution is 2.17. The Labute approximate surface area is 122 Å². The summed E-state index contributed by atoms with van der Waals surface area (Å²) >= 11 is 0. The van der Waals surface area contributed by atoms with E-state index in [1.54, 1.807) is 25.4 Å². The van der Waals surface area contributed by atoms with Crippen LogP contribution in [-0.2, 0) is 26.6 Å². The molecule has 21 heavy (non-hydrogen) atoms. The van der Waals surface area contributed by atoms with Gasteiger partial charge in [0.1, 0.15) is 5.56 Å². The topological polar surface area (TPSA) is 68.9 Å². The summed E-state index contributed by atoms with van der Waals surface area (Å²) in [6.45, 7) is 1.36. The van der Waals surface area contributed by atoms with Crippen LogP contribution in [0.1, 0.15) is 34.5 Å². The van der Waals surface area contributed by atoms with Gasteiger partial charge in [0.25, 0.3) is 11.5 Å². The first-order valence-electron chi connectivity index (χ1n) is 7.14. The normalized spacial score (nSPS) is 13.8. The molecule has 1 aliphatic heterocycles. The molecule has 0 radical (unpaired) electrons. The molecular weight excluding hydrogens is 268 g/mol. The summed E-state index contributed by atoms with van der Waals surface area (Å²) in [4.78, 5) is 24.0. The summed E-state index contributed by atoms with van der Waals surface area (Å²) in [7, 11) is 1.63. The lowest BCUT2D eigenvalue weighted by molar-refractivity contribution is 0.0948. The van der Waals surface area contributed by atoms with Gasteiger partial charge in [-0.1, -0.05) is 0 Å². The number of pyridine rings is 1. The second-order valence-electron chi connectivity index (χ2n) is 5.32. The molecule has 6 nitrogen and oxygen atoms in total. The minimum Gasteiger partial charge on any atom is -0.348 e. The van der Waals surface area contributed by atoms with Crippen LogP contribution < -0.4 is 10.9 Å². The highest BCUT2D eigenvalue weighted by Gasteiger charge is 2.16. The minimum absolute atomic E-state index is 0.168. The average molecular weight is 286 g/mol. The van der Waals surface area contributed by atoms with Gasteiger partial charge in [-0.05, 0) is 31.4 Å². The SMILES string of the molecule is Cn1cccc(C(=O)NCc2cnn3c2CCCC3)c1=O. The van der Waals surface area contributed by atoms with E-state index in [0.717, 1.165) is 31.4 Å². The number of aryl methyl sites for hydroxylation is 2. The van der Waals surface area contributed by atoms with E-state index >= 15 is 0 Å². The molecule has 0 unspecified atom stereocenters. The van der Waals surface area contributed by atoms with Crippen molar-refractivity contribution in [2.45, 2.75) is 32.4 Å². The second kappa shape index (κ2) is 5.55. The van der Waals surface area contributed by atoms with Crippen LogP contribution in [0, 0.1) is 0 Å². The maximum atomic E-state index is 12.1. The maximum absolute atomic E-state index is 12.1. The van der Waals surface area contributed by atoms with Gasteiger partial charge in [-0.3, -0.25) is 14.3 Å². The highest BCUT2D eigenvalue weighted by atomic mass is 16.2. The first kappa shape index (κ1) is 13.6. The molecule has 0 atom stereocenters. The monoisotopic (exact) mass is 286 g/mol. The molecule has 6 heteroatoms. The van der Waals surface area contributed by atoms with Gasteiger partial charge in [0.2, 0.25) is 0 Å². The summed E-state index contributed by atoms with van der Waals surface area (Å²) < 4.78 is 3.41. The number of aromatic nitrogens is 3. The Hall–Kier alpha value is -2.37. The van der Waals surface area contributed by atoms with Crippen LogP contribution in [0.25, 0.3) is 0 Å². The molecule has 2 aromatic rings. The van der Waals surface area contributed by atoms with Gasteiger partial charge in [-0.25, -0.2) is 0 Å². The molecule has 0 fully saturated rings. The van der Waals surface area contributed by atoms with Crippen molar-refractivity contribution in [3.8, 4) is 0 Å². The average Bonchev–Trinajstić information content (AvgIpc) is 2.91. The lowest BCUT2D eigenvalue weighted by Crippen LogP contribution is -2.31. The number of hydrogen-bond donors (Lipinski definition) is 1. The van der Waals surface area contributed by atoms with E-state index in [1.165, 1.54) is 10.3 Å². The summed E-state index contributed by atoms with van der Waals surface area (Å²) in [6, 6.07) is 3.24. The molecule has 1 amide bonds. The maximum Gasteiger partial charge on any atom is 0.263 e. The van der Waals surface area contributed by atoms with Crippen molar-refractivity contribution in [2.24, 2.45) is 7.05 Å². The predicted octanol–water partition coefficient (Wildman–Crippen LogP) is 0.848. The molecule has 3 rings (SSSR count). The van der Waals surface area contributed by atoms with Crippen LogP contribution in [0.2, 0.25) is 0 Å². The molecular formula is C15H18N4O2. The third kappa shape index (κ3) is 2.61. The Kier molecular flexibility index (Phi) is 3.60. The molecule has 1 aliphatic rings. The van der Waals surface area contributed by atoms with E-state index in [0.29, 0.717) is 6.54 Å². The van der Waals surface area contributed by atoms with Crippen LogP contribution >= 0.6 is 0 Å². The summed E-state index contributed by atoms with van der Waals surface area (Å²) in [6.07, 6.45) is 6.75. The van der Waals surface area contributed by atoms with E-state index in [-0.39, 0.29) is 17.0 Å². The van der Waals surface area contributed by atoms with E-state index in [4.69, 9.17) is 0 Å². The minimum atomic E-state index is -0.341. The van der Waals surface area contributed by atoms with Gasteiger partial charge in [-0.2, -0.15) is 5.10 Å². The smallest absolute Gasteiger partial charge is 0.263 e. The number of rotatable bonds is 3. The number of amides is 1. The second-order valence-corrected chi connectivity index (χ2v) is 5.32. The summed E-state index contributed by atoms with van der Waals surface area (Å²) in [5.74, 6) is -0.341. The molecule has 0 saturated heterocycles. The fraction of sp³-hybridized carbons (Fsp3) is 0.400. The molecule has 1 N–H and O–H groups in total. The van der Waals surface area contributed by atoms with Crippen LogP contribution in [0.3, 0.4) is 0 Å². The van der Waals surface area contributed by atoms with Gasteiger partial charge in [0.15, 0.2) is 0 Å². The summed E-state index contributed by atoms with van der Waals surface area (Å²) in [5.41, 5.74) is 2.12.